The highest BCUT2D eigenvalue weighted by molar-refractivity contribution is 5.81. The summed E-state index contributed by atoms with van der Waals surface area (Å²) in [5.74, 6) is 2.20. The van der Waals surface area contributed by atoms with Gasteiger partial charge in [0.25, 0.3) is 0 Å². The number of fused-ring (bicyclic) bond motifs is 1. The van der Waals surface area contributed by atoms with Gasteiger partial charge in [-0.15, -0.1) is 0 Å². The van der Waals surface area contributed by atoms with Crippen LogP contribution >= 0.6 is 0 Å². The molecule has 0 aliphatic carbocycles. The molecule has 5 nitrogen and oxygen atoms in total. The lowest BCUT2D eigenvalue weighted by Crippen LogP contribution is -2.24. The van der Waals surface area contributed by atoms with Crippen LogP contribution in [0.1, 0.15) is 56.5 Å². The summed E-state index contributed by atoms with van der Waals surface area (Å²) in [5.41, 5.74) is 4.70. The van der Waals surface area contributed by atoms with Crippen molar-refractivity contribution in [3.05, 3.63) is 95.8 Å². The van der Waals surface area contributed by atoms with E-state index in [2.05, 4.69) is 79.9 Å². The van der Waals surface area contributed by atoms with Gasteiger partial charge in [-0.1, -0.05) is 75.4 Å². The molecule has 186 valence electrons. The van der Waals surface area contributed by atoms with Crippen molar-refractivity contribution in [3.63, 3.8) is 0 Å². The highest BCUT2D eigenvalue weighted by atomic mass is 16.5. The first-order valence-corrected chi connectivity index (χ1v) is 12.9. The minimum absolute atomic E-state index is 0.0967. The SMILES string of the molecule is CC(C)(C)c1ccc(OCCCn2c(C3CC(=O)N(Cc4ccccc4)C3)nc3ccccc32)cc1. The van der Waals surface area contributed by atoms with Gasteiger partial charge in [-0.2, -0.15) is 0 Å². The number of para-hydroxylation sites is 2. The number of nitrogens with zero attached hydrogens (tertiary/aromatic N) is 3. The lowest BCUT2D eigenvalue weighted by Gasteiger charge is -2.19. The van der Waals surface area contributed by atoms with Crippen LogP contribution in [0.2, 0.25) is 0 Å². The van der Waals surface area contributed by atoms with Gasteiger partial charge in [0.15, 0.2) is 0 Å². The maximum Gasteiger partial charge on any atom is 0.223 e. The first-order chi connectivity index (χ1) is 17.4. The molecule has 0 spiro atoms. The average molecular weight is 482 g/mol. The van der Waals surface area contributed by atoms with Crippen LogP contribution in [0.5, 0.6) is 5.75 Å². The van der Waals surface area contributed by atoms with Crippen LogP contribution in [-0.2, 0) is 23.3 Å². The molecule has 1 aromatic heterocycles. The molecule has 2 heterocycles. The van der Waals surface area contributed by atoms with Crippen LogP contribution < -0.4 is 4.74 Å². The highest BCUT2D eigenvalue weighted by Gasteiger charge is 2.33. The van der Waals surface area contributed by atoms with Crippen molar-refractivity contribution in [3.8, 4) is 5.75 Å². The fourth-order valence-electron chi connectivity index (χ4n) is 5.01. The largest absolute Gasteiger partial charge is 0.494 e. The lowest BCUT2D eigenvalue weighted by atomic mass is 9.87. The number of aromatic nitrogens is 2. The van der Waals surface area contributed by atoms with E-state index in [0.717, 1.165) is 41.1 Å². The molecule has 5 heteroatoms. The molecule has 0 saturated carbocycles. The maximum absolute atomic E-state index is 12.9. The van der Waals surface area contributed by atoms with Gasteiger partial charge in [-0.05, 0) is 47.2 Å². The predicted molar refractivity (Wildman–Crippen MR) is 144 cm³/mol. The second-order valence-electron chi connectivity index (χ2n) is 10.7. The first-order valence-electron chi connectivity index (χ1n) is 12.9. The number of imidazole rings is 1. The number of amides is 1. The standard InChI is InChI=1S/C31H35N3O2/c1-31(2,3)25-14-16-26(17-15-25)36-19-9-18-34-28-13-8-7-12-27(28)32-30(34)24-20-29(35)33(22-24)21-23-10-5-4-6-11-23/h4-8,10-17,24H,9,18-22H2,1-3H3. The summed E-state index contributed by atoms with van der Waals surface area (Å²) < 4.78 is 8.35. The Labute approximate surface area is 213 Å². The Morgan fingerprint density at radius 2 is 1.67 bits per heavy atom. The van der Waals surface area contributed by atoms with Crippen molar-refractivity contribution in [1.82, 2.24) is 14.5 Å². The Kier molecular flexibility index (Phi) is 6.82. The lowest BCUT2D eigenvalue weighted by molar-refractivity contribution is -0.128. The van der Waals surface area contributed by atoms with Crippen LogP contribution in [0.25, 0.3) is 11.0 Å². The summed E-state index contributed by atoms with van der Waals surface area (Å²) in [4.78, 5) is 19.8. The van der Waals surface area contributed by atoms with E-state index in [1.165, 1.54) is 5.56 Å². The molecule has 5 rings (SSSR count). The van der Waals surface area contributed by atoms with E-state index >= 15 is 0 Å². The zero-order chi connectivity index (χ0) is 25.1. The molecular weight excluding hydrogens is 446 g/mol. The zero-order valence-corrected chi connectivity index (χ0v) is 21.5. The topological polar surface area (TPSA) is 47.4 Å². The van der Waals surface area contributed by atoms with Crippen molar-refractivity contribution in [2.45, 2.75) is 58.0 Å². The molecule has 3 aromatic carbocycles. The van der Waals surface area contributed by atoms with Gasteiger partial charge < -0.3 is 14.2 Å². The normalized spacial score (nSPS) is 16.1. The van der Waals surface area contributed by atoms with Crippen molar-refractivity contribution in [2.75, 3.05) is 13.2 Å². The average Bonchev–Trinajstić information content (AvgIpc) is 3.42. The van der Waals surface area contributed by atoms with Crippen LogP contribution in [0.3, 0.4) is 0 Å². The van der Waals surface area contributed by atoms with Crippen molar-refractivity contribution < 1.29 is 9.53 Å². The summed E-state index contributed by atoms with van der Waals surface area (Å²) in [6, 6.07) is 26.9. The quantitative estimate of drug-likeness (QED) is 0.277. The molecule has 1 atom stereocenters. The zero-order valence-electron chi connectivity index (χ0n) is 21.5. The fraction of sp³-hybridized carbons (Fsp3) is 0.355. The number of hydrogen-bond donors (Lipinski definition) is 0. The van der Waals surface area contributed by atoms with Crippen LogP contribution in [-0.4, -0.2) is 33.5 Å². The highest BCUT2D eigenvalue weighted by Crippen LogP contribution is 2.31. The molecule has 0 N–H and O–H groups in total. The summed E-state index contributed by atoms with van der Waals surface area (Å²) in [6.45, 7) is 9.44. The number of rotatable bonds is 8. The second kappa shape index (κ2) is 10.2. The number of carbonyl (C=O) groups is 1. The van der Waals surface area contributed by atoms with Gasteiger partial charge in [0.05, 0.1) is 17.6 Å². The number of aryl methyl sites for hydroxylation is 1. The summed E-state index contributed by atoms with van der Waals surface area (Å²) in [7, 11) is 0. The molecule has 0 radical (unpaired) electrons. The number of ether oxygens (including phenoxy) is 1. The number of carbonyl (C=O) groups excluding carboxylic acids is 1. The van der Waals surface area contributed by atoms with E-state index in [0.29, 0.717) is 26.1 Å². The van der Waals surface area contributed by atoms with Gasteiger partial charge in [0.2, 0.25) is 5.91 Å². The summed E-state index contributed by atoms with van der Waals surface area (Å²) >= 11 is 0. The molecule has 1 unspecified atom stereocenters. The van der Waals surface area contributed by atoms with Crippen molar-refractivity contribution >= 4 is 16.9 Å². The minimum Gasteiger partial charge on any atom is -0.494 e. The summed E-state index contributed by atoms with van der Waals surface area (Å²) in [6.07, 6.45) is 1.37. The van der Waals surface area contributed by atoms with E-state index in [1.807, 2.05) is 29.2 Å². The third kappa shape index (κ3) is 5.30. The van der Waals surface area contributed by atoms with Gasteiger partial charge in [0, 0.05) is 32.0 Å². The number of hydrogen-bond acceptors (Lipinski definition) is 3. The van der Waals surface area contributed by atoms with Crippen molar-refractivity contribution in [2.24, 2.45) is 0 Å². The molecule has 1 aliphatic heterocycles. The Hall–Kier alpha value is -3.60. The van der Waals surface area contributed by atoms with Gasteiger partial charge in [-0.3, -0.25) is 4.79 Å². The molecule has 36 heavy (non-hydrogen) atoms. The molecule has 1 saturated heterocycles. The Bertz CT molecular complexity index is 1320. The Morgan fingerprint density at radius 1 is 0.944 bits per heavy atom. The second-order valence-corrected chi connectivity index (χ2v) is 10.7. The maximum atomic E-state index is 12.9. The van der Waals surface area contributed by atoms with Gasteiger partial charge >= 0.3 is 0 Å². The van der Waals surface area contributed by atoms with E-state index < -0.39 is 0 Å². The molecule has 0 bridgehead atoms. The molecule has 1 fully saturated rings. The molecular formula is C31H35N3O2. The molecule has 1 aliphatic rings. The predicted octanol–water partition coefficient (Wildman–Crippen LogP) is 6.32. The molecule has 1 amide bonds. The molecule has 4 aromatic rings. The van der Waals surface area contributed by atoms with Crippen LogP contribution in [0.15, 0.2) is 78.9 Å². The van der Waals surface area contributed by atoms with Crippen molar-refractivity contribution in [1.29, 1.82) is 0 Å². The van der Waals surface area contributed by atoms with E-state index in [-0.39, 0.29) is 17.2 Å². The van der Waals surface area contributed by atoms with E-state index in [4.69, 9.17) is 9.72 Å². The van der Waals surface area contributed by atoms with E-state index in [1.54, 1.807) is 0 Å². The smallest absolute Gasteiger partial charge is 0.223 e. The van der Waals surface area contributed by atoms with Crippen LogP contribution in [0.4, 0.5) is 0 Å². The Balaban J connectivity index is 1.26. The van der Waals surface area contributed by atoms with E-state index in [9.17, 15) is 4.79 Å². The van der Waals surface area contributed by atoms with Gasteiger partial charge in [-0.25, -0.2) is 4.98 Å². The van der Waals surface area contributed by atoms with Crippen LogP contribution in [0, 0.1) is 0 Å². The fourth-order valence-corrected chi connectivity index (χ4v) is 5.01. The third-order valence-electron chi connectivity index (χ3n) is 7.00. The Morgan fingerprint density at radius 3 is 2.42 bits per heavy atom. The first kappa shape index (κ1) is 24.1. The van der Waals surface area contributed by atoms with Gasteiger partial charge in [0.1, 0.15) is 11.6 Å². The summed E-state index contributed by atoms with van der Waals surface area (Å²) in [5, 5.41) is 0. The third-order valence-corrected chi connectivity index (χ3v) is 7.00. The number of benzene rings is 3. The monoisotopic (exact) mass is 481 g/mol. The number of likely N-dealkylation sites (tertiary alicyclic amines) is 1. The minimum atomic E-state index is 0.0967.